The van der Waals surface area contributed by atoms with Crippen molar-refractivity contribution in [1.82, 2.24) is 24.8 Å². The van der Waals surface area contributed by atoms with Crippen LogP contribution in [0.25, 0.3) is 11.2 Å². The Morgan fingerprint density at radius 1 is 1.21 bits per heavy atom. The zero-order valence-corrected chi connectivity index (χ0v) is 16.9. The van der Waals surface area contributed by atoms with Gasteiger partial charge in [-0.05, 0) is 63.9 Å². The summed E-state index contributed by atoms with van der Waals surface area (Å²) in [5.74, 6) is 0.846. The molecule has 0 radical (unpaired) electrons. The first-order valence-corrected chi connectivity index (χ1v) is 10.3. The van der Waals surface area contributed by atoms with Crippen LogP contribution in [0.15, 0.2) is 24.4 Å². The van der Waals surface area contributed by atoms with Crippen molar-refractivity contribution in [3.8, 4) is 0 Å². The number of anilines is 3. The molecule has 0 amide bonds. The number of hydrogen-bond acceptors (Lipinski definition) is 6. The van der Waals surface area contributed by atoms with Gasteiger partial charge in [0.15, 0.2) is 5.65 Å². The molecule has 2 fully saturated rings. The first-order valence-electron chi connectivity index (χ1n) is 9.96. The van der Waals surface area contributed by atoms with E-state index < -0.39 is 5.82 Å². The van der Waals surface area contributed by atoms with E-state index in [4.69, 9.17) is 21.6 Å². The maximum Gasteiger partial charge on any atom is 0.225 e. The number of nitrogens with zero attached hydrogens (tertiary/aromatic N) is 4. The fourth-order valence-corrected chi connectivity index (χ4v) is 4.01. The quantitative estimate of drug-likeness (QED) is 0.578. The molecule has 3 aromatic rings. The molecule has 0 bridgehead atoms. The number of rotatable bonds is 5. The van der Waals surface area contributed by atoms with Crippen LogP contribution in [0.1, 0.15) is 38.6 Å². The standard InChI is InChI=1S/C20H23ClFN7/c1-20(4-5-20)28-18-24-11-16-17(27-18)29(15-2-6-23-7-3-15)19(26-16)25-14-9-12(21)8-13(22)10-14/h8-11,15,23H,2-7H2,1H3,(H,25,26)(H,24,27,28). The number of aromatic nitrogens is 4. The summed E-state index contributed by atoms with van der Waals surface area (Å²) in [6.07, 6.45) is 5.92. The summed E-state index contributed by atoms with van der Waals surface area (Å²) in [6, 6.07) is 4.62. The van der Waals surface area contributed by atoms with Gasteiger partial charge in [0.05, 0.1) is 6.20 Å². The third-order valence-electron chi connectivity index (χ3n) is 5.64. The molecule has 152 valence electrons. The molecule has 0 atom stereocenters. The second-order valence-corrected chi connectivity index (χ2v) is 8.59. The van der Waals surface area contributed by atoms with E-state index in [9.17, 15) is 4.39 Å². The van der Waals surface area contributed by atoms with Crippen LogP contribution in [-0.2, 0) is 0 Å². The number of hydrogen-bond donors (Lipinski definition) is 3. The summed E-state index contributed by atoms with van der Waals surface area (Å²) in [7, 11) is 0. The van der Waals surface area contributed by atoms with Crippen LogP contribution in [-0.4, -0.2) is 38.1 Å². The number of piperidine rings is 1. The van der Waals surface area contributed by atoms with Crippen LogP contribution in [0, 0.1) is 5.82 Å². The highest BCUT2D eigenvalue weighted by Crippen LogP contribution is 2.38. The van der Waals surface area contributed by atoms with E-state index in [1.807, 2.05) is 0 Å². The highest BCUT2D eigenvalue weighted by atomic mass is 35.5. The van der Waals surface area contributed by atoms with Crippen LogP contribution in [0.3, 0.4) is 0 Å². The fraction of sp³-hybridized carbons (Fsp3) is 0.450. The topological polar surface area (TPSA) is 79.7 Å². The van der Waals surface area contributed by atoms with E-state index in [1.54, 1.807) is 12.3 Å². The average Bonchev–Trinajstić information content (AvgIpc) is 3.29. The maximum atomic E-state index is 13.8. The average molecular weight is 416 g/mol. The van der Waals surface area contributed by atoms with Crippen LogP contribution in [0.2, 0.25) is 5.02 Å². The zero-order valence-electron chi connectivity index (χ0n) is 16.2. The Balaban J connectivity index is 1.57. The molecule has 1 aliphatic carbocycles. The fourth-order valence-electron chi connectivity index (χ4n) is 3.79. The van der Waals surface area contributed by atoms with Crippen molar-refractivity contribution >= 4 is 40.3 Å². The molecule has 5 rings (SSSR count). The number of nitrogens with one attached hydrogen (secondary N) is 3. The number of halogens is 2. The van der Waals surface area contributed by atoms with Gasteiger partial charge in [0.1, 0.15) is 11.3 Å². The minimum absolute atomic E-state index is 0.0900. The molecule has 1 saturated heterocycles. The number of fused-ring (bicyclic) bond motifs is 1. The molecule has 3 heterocycles. The predicted octanol–water partition coefficient (Wildman–Crippen LogP) is 4.25. The van der Waals surface area contributed by atoms with E-state index in [1.165, 1.54) is 12.1 Å². The Kier molecular flexibility index (Phi) is 4.55. The first kappa shape index (κ1) is 18.6. The molecule has 7 nitrogen and oxygen atoms in total. The highest BCUT2D eigenvalue weighted by molar-refractivity contribution is 6.30. The van der Waals surface area contributed by atoms with Gasteiger partial charge >= 0.3 is 0 Å². The van der Waals surface area contributed by atoms with E-state index >= 15 is 0 Å². The lowest BCUT2D eigenvalue weighted by atomic mass is 10.1. The lowest BCUT2D eigenvalue weighted by molar-refractivity contribution is 0.377. The van der Waals surface area contributed by atoms with Crippen molar-refractivity contribution in [3.63, 3.8) is 0 Å². The minimum atomic E-state index is -0.395. The first-order chi connectivity index (χ1) is 14.0. The predicted molar refractivity (Wildman–Crippen MR) is 112 cm³/mol. The molecule has 1 saturated carbocycles. The van der Waals surface area contributed by atoms with Gasteiger partial charge in [-0.1, -0.05) is 11.6 Å². The van der Waals surface area contributed by atoms with Crippen LogP contribution in [0.5, 0.6) is 0 Å². The van der Waals surface area contributed by atoms with Crippen molar-refractivity contribution in [2.45, 2.75) is 44.2 Å². The normalized spacial score (nSPS) is 18.7. The Hall–Kier alpha value is -2.45. The van der Waals surface area contributed by atoms with Gasteiger partial charge in [0.25, 0.3) is 0 Å². The van der Waals surface area contributed by atoms with Gasteiger partial charge in [-0.25, -0.2) is 14.4 Å². The second kappa shape index (κ2) is 7.11. The molecular weight excluding hydrogens is 393 g/mol. The third kappa shape index (κ3) is 3.86. The Morgan fingerprint density at radius 2 is 2.00 bits per heavy atom. The molecule has 2 aliphatic rings. The molecular formula is C20H23ClFN7. The Bertz CT molecular complexity index is 1040. The molecule has 1 aromatic carbocycles. The van der Waals surface area contributed by atoms with E-state index in [-0.39, 0.29) is 11.6 Å². The SMILES string of the molecule is CC1(Nc2ncc3nc(Nc4cc(F)cc(Cl)c4)n(C4CCNCC4)c3n2)CC1. The zero-order chi connectivity index (χ0) is 20.0. The largest absolute Gasteiger partial charge is 0.349 e. The molecule has 9 heteroatoms. The Morgan fingerprint density at radius 3 is 2.72 bits per heavy atom. The lowest BCUT2D eigenvalue weighted by Gasteiger charge is -2.26. The van der Waals surface area contributed by atoms with E-state index in [0.717, 1.165) is 44.4 Å². The smallest absolute Gasteiger partial charge is 0.225 e. The Labute approximate surface area is 173 Å². The van der Waals surface area contributed by atoms with Crippen molar-refractivity contribution in [1.29, 1.82) is 0 Å². The summed E-state index contributed by atoms with van der Waals surface area (Å²) >= 11 is 6.03. The molecule has 29 heavy (non-hydrogen) atoms. The van der Waals surface area contributed by atoms with Crippen LogP contribution in [0.4, 0.5) is 22.0 Å². The summed E-state index contributed by atoms with van der Waals surface area (Å²) < 4.78 is 15.9. The van der Waals surface area contributed by atoms with E-state index in [0.29, 0.717) is 28.1 Å². The van der Waals surface area contributed by atoms with Gasteiger partial charge in [0, 0.05) is 22.3 Å². The van der Waals surface area contributed by atoms with Crippen LogP contribution >= 0.6 is 11.6 Å². The monoisotopic (exact) mass is 415 g/mol. The molecule has 0 unspecified atom stereocenters. The summed E-state index contributed by atoms with van der Waals surface area (Å²) in [4.78, 5) is 13.9. The van der Waals surface area contributed by atoms with Crippen molar-refractivity contribution < 1.29 is 4.39 Å². The van der Waals surface area contributed by atoms with Gasteiger partial charge in [-0.3, -0.25) is 4.57 Å². The van der Waals surface area contributed by atoms with Crippen molar-refractivity contribution in [2.75, 3.05) is 23.7 Å². The molecule has 1 aliphatic heterocycles. The number of imidazole rings is 1. The third-order valence-corrected chi connectivity index (χ3v) is 5.86. The van der Waals surface area contributed by atoms with E-state index in [2.05, 4.69) is 32.4 Å². The summed E-state index contributed by atoms with van der Waals surface area (Å²) in [5.41, 5.74) is 2.13. The van der Waals surface area contributed by atoms with Crippen molar-refractivity contribution in [3.05, 3.63) is 35.2 Å². The maximum absolute atomic E-state index is 13.8. The summed E-state index contributed by atoms with van der Waals surface area (Å²) in [5, 5.41) is 10.4. The van der Waals surface area contributed by atoms with Crippen LogP contribution < -0.4 is 16.0 Å². The molecule has 3 N–H and O–H groups in total. The minimum Gasteiger partial charge on any atom is -0.349 e. The molecule has 0 spiro atoms. The number of benzene rings is 1. The van der Waals surface area contributed by atoms with Crippen molar-refractivity contribution in [2.24, 2.45) is 0 Å². The van der Waals surface area contributed by atoms with Gasteiger partial charge in [0.2, 0.25) is 11.9 Å². The second-order valence-electron chi connectivity index (χ2n) is 8.16. The summed E-state index contributed by atoms with van der Waals surface area (Å²) in [6.45, 7) is 4.04. The van der Waals surface area contributed by atoms with Gasteiger partial charge in [-0.15, -0.1) is 0 Å². The lowest BCUT2D eigenvalue weighted by Crippen LogP contribution is -2.30. The molecule has 2 aromatic heterocycles. The van der Waals surface area contributed by atoms with Gasteiger partial charge < -0.3 is 16.0 Å². The van der Waals surface area contributed by atoms with Gasteiger partial charge in [-0.2, -0.15) is 4.98 Å². The highest BCUT2D eigenvalue weighted by Gasteiger charge is 2.38.